The fourth-order valence-electron chi connectivity index (χ4n) is 1.44. The summed E-state index contributed by atoms with van der Waals surface area (Å²) in [7, 11) is 1.59. The van der Waals surface area contributed by atoms with E-state index in [1.165, 1.54) is 0 Å². The third kappa shape index (κ3) is 4.55. The first kappa shape index (κ1) is 14.2. The standard InChI is InChI=1S/C13H18N2O3/c1-18-11-6-4-10(5-7-11)9-15-12(13(16)17)3-2-8-14/h4-7,9,12H,2-3,8,14H2,1H3,(H,16,17). The van der Waals surface area contributed by atoms with Gasteiger partial charge in [-0.25, -0.2) is 4.79 Å². The lowest BCUT2D eigenvalue weighted by atomic mass is 10.1. The molecule has 1 aromatic rings. The lowest BCUT2D eigenvalue weighted by Crippen LogP contribution is -2.19. The number of aliphatic imine (C=N–C) groups is 1. The van der Waals surface area contributed by atoms with Crippen LogP contribution in [0.2, 0.25) is 0 Å². The first-order valence-electron chi connectivity index (χ1n) is 5.77. The van der Waals surface area contributed by atoms with Gasteiger partial charge in [0.25, 0.3) is 0 Å². The minimum atomic E-state index is -0.923. The molecule has 0 aliphatic carbocycles. The van der Waals surface area contributed by atoms with Crippen molar-refractivity contribution in [2.75, 3.05) is 13.7 Å². The average molecular weight is 250 g/mol. The van der Waals surface area contributed by atoms with Gasteiger partial charge in [-0.3, -0.25) is 4.99 Å². The largest absolute Gasteiger partial charge is 0.497 e. The second-order valence-corrected chi connectivity index (χ2v) is 3.84. The highest BCUT2D eigenvalue weighted by atomic mass is 16.5. The maximum absolute atomic E-state index is 11.0. The maximum Gasteiger partial charge on any atom is 0.328 e. The summed E-state index contributed by atoms with van der Waals surface area (Å²) in [4.78, 5) is 15.0. The highest BCUT2D eigenvalue weighted by Gasteiger charge is 2.13. The topological polar surface area (TPSA) is 84.9 Å². The van der Waals surface area contributed by atoms with Crippen LogP contribution < -0.4 is 10.5 Å². The average Bonchev–Trinajstić information content (AvgIpc) is 2.39. The van der Waals surface area contributed by atoms with E-state index in [1.54, 1.807) is 25.5 Å². The summed E-state index contributed by atoms with van der Waals surface area (Å²) in [6.45, 7) is 0.474. The highest BCUT2D eigenvalue weighted by Crippen LogP contribution is 2.10. The van der Waals surface area contributed by atoms with Crippen molar-refractivity contribution >= 4 is 12.2 Å². The lowest BCUT2D eigenvalue weighted by molar-refractivity contribution is -0.138. The predicted octanol–water partition coefficient (Wildman–Crippen LogP) is 1.31. The van der Waals surface area contributed by atoms with Crippen LogP contribution in [0.3, 0.4) is 0 Å². The molecule has 0 amide bonds. The number of ether oxygens (including phenoxy) is 1. The van der Waals surface area contributed by atoms with Gasteiger partial charge in [0.2, 0.25) is 0 Å². The smallest absolute Gasteiger partial charge is 0.328 e. The van der Waals surface area contributed by atoms with Crippen LogP contribution in [0.25, 0.3) is 0 Å². The van der Waals surface area contributed by atoms with Crippen molar-refractivity contribution in [1.82, 2.24) is 0 Å². The van der Waals surface area contributed by atoms with E-state index in [2.05, 4.69) is 4.99 Å². The summed E-state index contributed by atoms with van der Waals surface area (Å²) in [5.41, 5.74) is 6.20. The fourth-order valence-corrected chi connectivity index (χ4v) is 1.44. The van der Waals surface area contributed by atoms with Gasteiger partial charge in [-0.05, 0) is 49.2 Å². The van der Waals surface area contributed by atoms with Crippen LogP contribution in [0.15, 0.2) is 29.3 Å². The molecule has 0 fully saturated rings. The van der Waals surface area contributed by atoms with Crippen molar-refractivity contribution in [2.24, 2.45) is 10.7 Å². The Morgan fingerprint density at radius 1 is 1.50 bits per heavy atom. The zero-order valence-corrected chi connectivity index (χ0v) is 10.4. The van der Waals surface area contributed by atoms with Gasteiger partial charge in [0, 0.05) is 6.21 Å². The Kier molecular flexibility index (Phi) is 5.87. The van der Waals surface area contributed by atoms with Gasteiger partial charge in [0.1, 0.15) is 11.8 Å². The molecule has 0 saturated carbocycles. The SMILES string of the molecule is COc1ccc(C=NC(CCCN)C(=O)O)cc1. The number of aliphatic carboxylic acids is 1. The summed E-state index contributed by atoms with van der Waals surface area (Å²) in [5, 5.41) is 8.99. The number of benzene rings is 1. The summed E-state index contributed by atoms with van der Waals surface area (Å²) < 4.78 is 5.03. The van der Waals surface area contributed by atoms with E-state index in [1.807, 2.05) is 12.1 Å². The van der Waals surface area contributed by atoms with E-state index in [9.17, 15) is 4.79 Å². The van der Waals surface area contributed by atoms with Crippen molar-refractivity contribution in [3.63, 3.8) is 0 Å². The van der Waals surface area contributed by atoms with Crippen LogP contribution in [0.5, 0.6) is 5.75 Å². The van der Waals surface area contributed by atoms with Gasteiger partial charge in [0.15, 0.2) is 0 Å². The Bertz CT molecular complexity index is 401. The van der Waals surface area contributed by atoms with E-state index in [4.69, 9.17) is 15.6 Å². The molecule has 0 spiro atoms. The van der Waals surface area contributed by atoms with E-state index in [0.717, 1.165) is 11.3 Å². The number of hydrogen-bond acceptors (Lipinski definition) is 4. The van der Waals surface area contributed by atoms with E-state index >= 15 is 0 Å². The van der Waals surface area contributed by atoms with Gasteiger partial charge >= 0.3 is 5.97 Å². The third-order valence-electron chi connectivity index (χ3n) is 2.49. The molecule has 1 unspecified atom stereocenters. The molecule has 0 aromatic heterocycles. The molecule has 18 heavy (non-hydrogen) atoms. The molecule has 1 aromatic carbocycles. The van der Waals surface area contributed by atoms with Crippen LogP contribution >= 0.6 is 0 Å². The Morgan fingerprint density at radius 2 is 2.17 bits per heavy atom. The number of nitrogens with two attached hydrogens (primary N) is 1. The Hall–Kier alpha value is -1.88. The summed E-state index contributed by atoms with van der Waals surface area (Å²) in [6, 6.07) is 6.53. The predicted molar refractivity (Wildman–Crippen MR) is 70.3 cm³/mol. The summed E-state index contributed by atoms with van der Waals surface area (Å²) in [5.74, 6) is -0.168. The van der Waals surface area contributed by atoms with E-state index in [0.29, 0.717) is 19.4 Å². The quantitative estimate of drug-likeness (QED) is 0.714. The van der Waals surface area contributed by atoms with E-state index < -0.39 is 12.0 Å². The van der Waals surface area contributed by atoms with Gasteiger partial charge in [0.05, 0.1) is 7.11 Å². The number of rotatable bonds is 7. The molecular formula is C13H18N2O3. The molecule has 0 aliphatic heterocycles. The zero-order chi connectivity index (χ0) is 13.4. The first-order valence-corrected chi connectivity index (χ1v) is 5.77. The minimum Gasteiger partial charge on any atom is -0.497 e. The minimum absolute atomic E-state index is 0.457. The molecule has 5 nitrogen and oxygen atoms in total. The van der Waals surface area contributed by atoms with Crippen molar-refractivity contribution < 1.29 is 14.6 Å². The number of hydrogen-bond donors (Lipinski definition) is 2. The van der Waals surface area contributed by atoms with Crippen LogP contribution in [-0.2, 0) is 4.79 Å². The normalized spacial score (nSPS) is 12.6. The van der Waals surface area contributed by atoms with Crippen molar-refractivity contribution in [1.29, 1.82) is 0 Å². The number of carboxylic acid groups (broad SMARTS) is 1. The summed E-state index contributed by atoms with van der Waals surface area (Å²) >= 11 is 0. The molecular weight excluding hydrogens is 232 g/mol. The molecule has 1 atom stereocenters. The monoisotopic (exact) mass is 250 g/mol. The number of carbonyl (C=O) groups is 1. The van der Waals surface area contributed by atoms with Gasteiger partial charge < -0.3 is 15.6 Å². The van der Waals surface area contributed by atoms with Crippen molar-refractivity contribution in [3.8, 4) is 5.75 Å². The number of methoxy groups -OCH3 is 1. The Morgan fingerprint density at radius 3 is 2.67 bits per heavy atom. The fraction of sp³-hybridized carbons (Fsp3) is 0.385. The van der Waals surface area contributed by atoms with E-state index in [-0.39, 0.29) is 0 Å². The Labute approximate surface area is 106 Å². The number of carboxylic acids is 1. The van der Waals surface area contributed by atoms with Crippen LogP contribution in [0.1, 0.15) is 18.4 Å². The second-order valence-electron chi connectivity index (χ2n) is 3.84. The molecule has 0 aliphatic rings. The van der Waals surface area contributed by atoms with Gasteiger partial charge in [-0.2, -0.15) is 0 Å². The summed E-state index contributed by atoms with van der Waals surface area (Å²) in [6.07, 6.45) is 2.67. The number of nitrogens with zero attached hydrogens (tertiary/aromatic N) is 1. The third-order valence-corrected chi connectivity index (χ3v) is 2.49. The lowest BCUT2D eigenvalue weighted by Gasteiger charge is -2.06. The highest BCUT2D eigenvalue weighted by molar-refractivity contribution is 5.83. The van der Waals surface area contributed by atoms with Gasteiger partial charge in [-0.15, -0.1) is 0 Å². The van der Waals surface area contributed by atoms with Crippen LogP contribution in [0, 0.1) is 0 Å². The molecule has 0 saturated heterocycles. The molecule has 0 heterocycles. The second kappa shape index (κ2) is 7.45. The van der Waals surface area contributed by atoms with Crippen LogP contribution in [-0.4, -0.2) is 37.0 Å². The maximum atomic E-state index is 11.0. The molecule has 5 heteroatoms. The Balaban J connectivity index is 2.66. The molecule has 1 rings (SSSR count). The zero-order valence-electron chi connectivity index (χ0n) is 10.4. The molecule has 0 radical (unpaired) electrons. The van der Waals surface area contributed by atoms with Gasteiger partial charge in [-0.1, -0.05) is 0 Å². The van der Waals surface area contributed by atoms with Crippen molar-refractivity contribution in [2.45, 2.75) is 18.9 Å². The van der Waals surface area contributed by atoms with Crippen LogP contribution in [0.4, 0.5) is 0 Å². The molecule has 0 bridgehead atoms. The van der Waals surface area contributed by atoms with Crippen molar-refractivity contribution in [3.05, 3.63) is 29.8 Å². The molecule has 98 valence electrons. The molecule has 3 N–H and O–H groups in total. The first-order chi connectivity index (χ1) is 8.67.